The van der Waals surface area contributed by atoms with Crippen molar-refractivity contribution in [1.29, 1.82) is 0 Å². The molecule has 3 aromatic heterocycles. The van der Waals surface area contributed by atoms with Gasteiger partial charge >= 0.3 is 0 Å². The van der Waals surface area contributed by atoms with Gasteiger partial charge in [-0.2, -0.15) is 5.10 Å². The standard InChI is InChI=1S/C22H17Cl2F2N5OS/c23-12-4-3-11(14(24)7-12)9-31-6-5-16(30-31)29-21(32)19-18(27)17-13(10-1-2-10)8-15(20(25)26)28-22(17)33-19/h3-8,10,20H,1-2,9,27H2,(H,29,30,32). The predicted molar refractivity (Wildman–Crippen MR) is 127 cm³/mol. The van der Waals surface area contributed by atoms with Crippen LogP contribution in [-0.4, -0.2) is 20.7 Å². The minimum absolute atomic E-state index is 0.177. The number of benzene rings is 1. The highest BCUT2D eigenvalue weighted by Crippen LogP contribution is 2.47. The second kappa shape index (κ2) is 8.55. The second-order valence-corrected chi connectivity index (χ2v) is 9.67. The first-order chi connectivity index (χ1) is 15.8. The molecule has 1 amide bonds. The Hall–Kier alpha value is -2.75. The molecule has 11 heteroatoms. The van der Waals surface area contributed by atoms with Gasteiger partial charge in [0.05, 0.1) is 12.2 Å². The van der Waals surface area contributed by atoms with E-state index < -0.39 is 12.3 Å². The fraction of sp³-hybridized carbons (Fsp3) is 0.227. The zero-order chi connectivity index (χ0) is 23.3. The number of anilines is 2. The molecule has 0 bridgehead atoms. The van der Waals surface area contributed by atoms with E-state index in [1.165, 1.54) is 6.07 Å². The number of nitrogens with two attached hydrogens (primary N) is 1. The van der Waals surface area contributed by atoms with E-state index in [-0.39, 0.29) is 22.2 Å². The van der Waals surface area contributed by atoms with E-state index in [0.29, 0.717) is 32.6 Å². The first-order valence-corrected chi connectivity index (χ1v) is 11.7. The molecule has 0 atom stereocenters. The minimum Gasteiger partial charge on any atom is -0.397 e. The number of alkyl halides is 2. The van der Waals surface area contributed by atoms with Gasteiger partial charge in [0, 0.05) is 27.7 Å². The first-order valence-electron chi connectivity index (χ1n) is 10.1. The molecule has 1 fully saturated rings. The zero-order valence-corrected chi connectivity index (χ0v) is 19.3. The Balaban J connectivity index is 1.39. The normalized spacial score (nSPS) is 13.7. The number of halogens is 4. The maximum Gasteiger partial charge on any atom is 0.280 e. The molecule has 6 nitrogen and oxygen atoms in total. The van der Waals surface area contributed by atoms with Crippen molar-refractivity contribution < 1.29 is 13.6 Å². The molecule has 3 heterocycles. The maximum absolute atomic E-state index is 13.3. The number of carbonyl (C=O) groups is 1. The van der Waals surface area contributed by atoms with Gasteiger partial charge in [-0.05, 0) is 48.1 Å². The molecule has 170 valence electrons. The third kappa shape index (κ3) is 4.40. The lowest BCUT2D eigenvalue weighted by Gasteiger charge is -2.06. The average Bonchev–Trinajstić information content (AvgIpc) is 3.44. The molecule has 33 heavy (non-hydrogen) atoms. The van der Waals surface area contributed by atoms with Gasteiger partial charge in [-0.25, -0.2) is 13.8 Å². The quantitative estimate of drug-likeness (QED) is 0.312. The molecular formula is C22H17Cl2F2N5OS. The number of fused-ring (bicyclic) bond motifs is 1. The predicted octanol–water partition coefficient (Wildman–Crippen LogP) is 6.50. The number of rotatable bonds is 6. The van der Waals surface area contributed by atoms with Gasteiger partial charge in [0.25, 0.3) is 12.3 Å². The first kappa shape index (κ1) is 22.1. The Morgan fingerprint density at radius 1 is 1.27 bits per heavy atom. The summed E-state index contributed by atoms with van der Waals surface area (Å²) in [6, 6.07) is 8.26. The topological polar surface area (TPSA) is 85.8 Å². The maximum atomic E-state index is 13.3. The van der Waals surface area contributed by atoms with Crippen molar-refractivity contribution in [1.82, 2.24) is 14.8 Å². The summed E-state index contributed by atoms with van der Waals surface area (Å²) in [7, 11) is 0. The Labute approximate surface area is 201 Å². The molecule has 0 spiro atoms. The highest BCUT2D eigenvalue weighted by molar-refractivity contribution is 7.21. The van der Waals surface area contributed by atoms with Crippen molar-refractivity contribution in [2.45, 2.75) is 31.7 Å². The molecule has 0 radical (unpaired) electrons. The summed E-state index contributed by atoms with van der Waals surface area (Å²) in [4.78, 5) is 17.6. The van der Waals surface area contributed by atoms with Gasteiger partial charge in [-0.3, -0.25) is 9.48 Å². The summed E-state index contributed by atoms with van der Waals surface area (Å²) in [6.45, 7) is 0.391. The molecule has 0 aliphatic heterocycles. The Morgan fingerprint density at radius 2 is 2.06 bits per heavy atom. The average molecular weight is 508 g/mol. The summed E-state index contributed by atoms with van der Waals surface area (Å²) < 4.78 is 28.3. The van der Waals surface area contributed by atoms with Gasteiger partial charge in [-0.15, -0.1) is 11.3 Å². The summed E-state index contributed by atoms with van der Waals surface area (Å²) >= 11 is 13.2. The molecule has 0 saturated heterocycles. The molecule has 3 N–H and O–H groups in total. The van der Waals surface area contributed by atoms with Crippen LogP contribution < -0.4 is 11.1 Å². The lowest BCUT2D eigenvalue weighted by Crippen LogP contribution is -2.13. The van der Waals surface area contributed by atoms with Crippen molar-refractivity contribution >= 4 is 62.2 Å². The number of hydrogen-bond donors (Lipinski definition) is 2. The molecule has 1 aromatic carbocycles. The molecule has 1 aliphatic carbocycles. The Bertz CT molecular complexity index is 1380. The van der Waals surface area contributed by atoms with Gasteiger partial charge in [0.1, 0.15) is 15.4 Å². The van der Waals surface area contributed by atoms with Gasteiger partial charge in [-0.1, -0.05) is 29.3 Å². The van der Waals surface area contributed by atoms with E-state index in [9.17, 15) is 13.6 Å². The SMILES string of the molecule is Nc1c(C(=O)Nc2ccn(Cc3ccc(Cl)cc3Cl)n2)sc2nc(C(F)F)cc(C3CC3)c12. The monoisotopic (exact) mass is 507 g/mol. The van der Waals surface area contributed by atoms with E-state index in [4.69, 9.17) is 28.9 Å². The summed E-state index contributed by atoms with van der Waals surface area (Å²) in [5, 5.41) is 8.73. The van der Waals surface area contributed by atoms with Gasteiger partial charge < -0.3 is 11.1 Å². The lowest BCUT2D eigenvalue weighted by atomic mass is 10.1. The number of hydrogen-bond acceptors (Lipinski definition) is 5. The van der Waals surface area contributed by atoms with Crippen molar-refractivity contribution in [3.05, 3.63) is 68.3 Å². The smallest absolute Gasteiger partial charge is 0.280 e. The molecule has 0 unspecified atom stereocenters. The number of pyridine rings is 1. The van der Waals surface area contributed by atoms with Crippen LogP contribution in [0.2, 0.25) is 10.0 Å². The highest BCUT2D eigenvalue weighted by atomic mass is 35.5. The van der Waals surface area contributed by atoms with Crippen LogP contribution >= 0.6 is 34.5 Å². The number of amides is 1. The molecule has 1 saturated carbocycles. The fourth-order valence-electron chi connectivity index (χ4n) is 3.68. The van der Waals surface area contributed by atoms with E-state index >= 15 is 0 Å². The third-order valence-electron chi connectivity index (χ3n) is 5.43. The van der Waals surface area contributed by atoms with Crippen molar-refractivity contribution in [2.24, 2.45) is 0 Å². The lowest BCUT2D eigenvalue weighted by molar-refractivity contribution is 0.103. The van der Waals surface area contributed by atoms with Crippen LogP contribution in [0, 0.1) is 0 Å². The third-order valence-corrected chi connectivity index (χ3v) is 7.11. The van der Waals surface area contributed by atoms with E-state index in [0.717, 1.165) is 35.3 Å². The summed E-state index contributed by atoms with van der Waals surface area (Å²) in [5.74, 6) is 0.0346. The van der Waals surface area contributed by atoms with E-state index in [1.807, 2.05) is 0 Å². The van der Waals surface area contributed by atoms with Crippen molar-refractivity contribution in [2.75, 3.05) is 11.1 Å². The number of carbonyl (C=O) groups excluding carboxylic acids is 1. The van der Waals surface area contributed by atoms with Gasteiger partial charge in [0.2, 0.25) is 0 Å². The summed E-state index contributed by atoms with van der Waals surface area (Å²) in [6.07, 6.45) is 0.836. The van der Waals surface area contributed by atoms with Crippen LogP contribution in [0.15, 0.2) is 36.5 Å². The fourth-order valence-corrected chi connectivity index (χ4v) is 5.18. The number of nitrogens with zero attached hydrogens (tertiary/aromatic N) is 3. The Morgan fingerprint density at radius 3 is 2.76 bits per heavy atom. The second-order valence-electron chi connectivity index (χ2n) is 7.82. The van der Waals surface area contributed by atoms with Crippen LogP contribution in [0.25, 0.3) is 10.2 Å². The van der Waals surface area contributed by atoms with Gasteiger partial charge in [0.15, 0.2) is 5.82 Å². The molecule has 4 aromatic rings. The molecule has 5 rings (SSSR count). The number of thiophene rings is 1. The van der Waals surface area contributed by atoms with Crippen LogP contribution in [0.1, 0.15) is 51.7 Å². The molecular weight excluding hydrogens is 491 g/mol. The van der Waals surface area contributed by atoms with E-state index in [1.54, 1.807) is 35.1 Å². The van der Waals surface area contributed by atoms with Crippen LogP contribution in [0.3, 0.4) is 0 Å². The summed E-state index contributed by atoms with van der Waals surface area (Å²) in [5.41, 5.74) is 7.82. The number of aromatic nitrogens is 3. The molecule has 1 aliphatic rings. The van der Waals surface area contributed by atoms with Crippen molar-refractivity contribution in [3.63, 3.8) is 0 Å². The zero-order valence-electron chi connectivity index (χ0n) is 17.0. The van der Waals surface area contributed by atoms with E-state index in [2.05, 4.69) is 15.4 Å². The van der Waals surface area contributed by atoms with Crippen LogP contribution in [-0.2, 0) is 6.54 Å². The number of nitrogens with one attached hydrogen (secondary N) is 1. The van der Waals surface area contributed by atoms with Crippen LogP contribution in [0.5, 0.6) is 0 Å². The van der Waals surface area contributed by atoms with Crippen LogP contribution in [0.4, 0.5) is 20.3 Å². The Kier molecular flexibility index (Phi) is 5.72. The highest BCUT2D eigenvalue weighted by Gasteiger charge is 2.31. The van der Waals surface area contributed by atoms with Crippen molar-refractivity contribution in [3.8, 4) is 0 Å². The number of nitrogen functional groups attached to an aromatic ring is 1. The largest absolute Gasteiger partial charge is 0.397 e. The minimum atomic E-state index is -2.69.